The zero-order valence-electron chi connectivity index (χ0n) is 5.68. The molecule has 0 aliphatic rings. The van der Waals surface area contributed by atoms with Gasteiger partial charge in [0.15, 0.2) is 0 Å². The van der Waals surface area contributed by atoms with Gasteiger partial charge in [-0.05, 0) is 20.3 Å². The quantitative estimate of drug-likeness (QED) is 0.509. The van der Waals surface area contributed by atoms with Crippen LogP contribution in [0.2, 0.25) is 0 Å². The lowest BCUT2D eigenvalue weighted by atomic mass is 10.3. The molecule has 0 spiro atoms. The summed E-state index contributed by atoms with van der Waals surface area (Å²) in [7, 11) is 0. The summed E-state index contributed by atoms with van der Waals surface area (Å²) >= 11 is 0. The van der Waals surface area contributed by atoms with E-state index in [1.165, 1.54) is 0 Å². The number of hydrogen-bond acceptors (Lipinski definition) is 1. The van der Waals surface area contributed by atoms with Crippen LogP contribution in [0, 0.1) is 13.5 Å². The predicted molar refractivity (Wildman–Crippen MR) is 35.1 cm³/mol. The van der Waals surface area contributed by atoms with Crippen LogP contribution in [0.15, 0.2) is 0 Å². The minimum atomic E-state index is 0.0987. The second-order valence-corrected chi connectivity index (χ2v) is 1.90. The fourth-order valence-electron chi connectivity index (χ4n) is 0.350. The lowest BCUT2D eigenvalue weighted by Crippen LogP contribution is -1.98. The summed E-state index contributed by atoms with van der Waals surface area (Å²) in [5.74, 6) is 0. The Bertz CT molecular complexity index is 41.7. The van der Waals surface area contributed by atoms with Crippen molar-refractivity contribution in [2.24, 2.45) is 0 Å². The van der Waals surface area contributed by atoms with Crippen molar-refractivity contribution in [2.45, 2.75) is 32.8 Å². The van der Waals surface area contributed by atoms with E-state index in [0.717, 1.165) is 12.8 Å². The predicted octanol–water partition coefficient (Wildman–Crippen LogP) is 2.19. The molecule has 0 saturated carbocycles. The maximum Gasteiger partial charge on any atom is 0.0840 e. The van der Waals surface area contributed by atoms with Crippen molar-refractivity contribution < 1.29 is 4.74 Å². The maximum absolute atomic E-state index is 5.05. The van der Waals surface area contributed by atoms with Gasteiger partial charge in [-0.1, -0.05) is 13.3 Å². The standard InChI is InChI=1S/C7H14O/c1-4-5-6-8-7(2)3/h6-7H,2,4-5H2,1,3H3. The molecule has 2 radical (unpaired) electrons. The fraction of sp³-hybridized carbons (Fsp3) is 0.714. The van der Waals surface area contributed by atoms with E-state index in [4.69, 9.17) is 4.74 Å². The lowest BCUT2D eigenvalue weighted by molar-refractivity contribution is 0.149. The van der Waals surface area contributed by atoms with Gasteiger partial charge in [-0.2, -0.15) is 0 Å². The summed E-state index contributed by atoms with van der Waals surface area (Å²) in [4.78, 5) is 0. The molecule has 0 aliphatic carbocycles. The van der Waals surface area contributed by atoms with Crippen LogP contribution in [0.5, 0.6) is 0 Å². The van der Waals surface area contributed by atoms with E-state index in [0.29, 0.717) is 0 Å². The Morgan fingerprint density at radius 1 is 1.75 bits per heavy atom. The Labute approximate surface area is 52.0 Å². The first kappa shape index (κ1) is 7.96. The first-order chi connectivity index (χ1) is 3.77. The second kappa shape index (κ2) is 5.10. The zero-order chi connectivity index (χ0) is 6.41. The van der Waals surface area contributed by atoms with Gasteiger partial charge >= 0.3 is 0 Å². The normalized spacial score (nSPS) is 10.5. The molecule has 0 heterocycles. The molecule has 0 N–H and O–H groups in total. The van der Waals surface area contributed by atoms with Gasteiger partial charge in [-0.25, -0.2) is 0 Å². The number of hydrogen-bond donors (Lipinski definition) is 0. The van der Waals surface area contributed by atoms with Crippen LogP contribution >= 0.6 is 0 Å². The highest BCUT2D eigenvalue weighted by molar-refractivity contribution is 4.55. The monoisotopic (exact) mass is 114 g/mol. The third-order valence-corrected chi connectivity index (χ3v) is 0.735. The van der Waals surface area contributed by atoms with E-state index in [1.807, 2.05) is 13.5 Å². The average molecular weight is 114 g/mol. The van der Waals surface area contributed by atoms with Crippen molar-refractivity contribution in [3.63, 3.8) is 0 Å². The molecule has 0 bridgehead atoms. The third kappa shape index (κ3) is 5.96. The largest absolute Gasteiger partial charge is 0.373 e. The van der Waals surface area contributed by atoms with Crippen LogP contribution in [-0.2, 0) is 4.74 Å². The molecule has 8 heavy (non-hydrogen) atoms. The van der Waals surface area contributed by atoms with E-state index in [-0.39, 0.29) is 6.10 Å². The van der Waals surface area contributed by atoms with Crippen molar-refractivity contribution in [1.29, 1.82) is 0 Å². The average Bonchev–Trinajstić information content (AvgIpc) is 1.66. The van der Waals surface area contributed by atoms with Gasteiger partial charge in [0, 0.05) is 0 Å². The molecule has 0 amide bonds. The van der Waals surface area contributed by atoms with Crippen molar-refractivity contribution in [1.82, 2.24) is 0 Å². The van der Waals surface area contributed by atoms with Gasteiger partial charge in [0.1, 0.15) is 0 Å². The van der Waals surface area contributed by atoms with Crippen LogP contribution < -0.4 is 0 Å². The van der Waals surface area contributed by atoms with Crippen molar-refractivity contribution >= 4 is 0 Å². The smallest absolute Gasteiger partial charge is 0.0840 e. The summed E-state index contributed by atoms with van der Waals surface area (Å²) in [6.07, 6.45) is 2.27. The molecule has 1 atom stereocenters. The molecule has 0 aromatic heterocycles. The number of ether oxygens (including phenoxy) is 1. The number of unbranched alkanes of at least 4 members (excludes halogenated alkanes) is 1. The van der Waals surface area contributed by atoms with E-state index in [9.17, 15) is 0 Å². The van der Waals surface area contributed by atoms with Gasteiger partial charge in [-0.15, -0.1) is 0 Å². The summed E-state index contributed by atoms with van der Waals surface area (Å²) in [5, 5.41) is 0. The van der Waals surface area contributed by atoms with Crippen LogP contribution in [0.3, 0.4) is 0 Å². The SMILES string of the molecule is [CH2]C(C)O[CH]CCC. The Balaban J connectivity index is 2.72. The summed E-state index contributed by atoms with van der Waals surface area (Å²) in [6.45, 7) is 9.52. The first-order valence-corrected chi connectivity index (χ1v) is 3.07. The van der Waals surface area contributed by atoms with Crippen LogP contribution in [-0.4, -0.2) is 6.10 Å². The fourth-order valence-corrected chi connectivity index (χ4v) is 0.350. The third-order valence-electron chi connectivity index (χ3n) is 0.735. The molecule has 0 fully saturated rings. The Morgan fingerprint density at radius 2 is 2.38 bits per heavy atom. The lowest BCUT2D eigenvalue weighted by Gasteiger charge is -2.03. The molecule has 0 aromatic rings. The van der Waals surface area contributed by atoms with E-state index < -0.39 is 0 Å². The number of rotatable bonds is 4. The molecule has 1 heteroatoms. The highest BCUT2D eigenvalue weighted by Gasteiger charge is 1.90. The van der Waals surface area contributed by atoms with E-state index in [1.54, 1.807) is 0 Å². The van der Waals surface area contributed by atoms with E-state index >= 15 is 0 Å². The summed E-state index contributed by atoms with van der Waals surface area (Å²) in [5.41, 5.74) is 0. The molecule has 1 unspecified atom stereocenters. The minimum absolute atomic E-state index is 0.0987. The highest BCUT2D eigenvalue weighted by Crippen LogP contribution is 1.96. The molecule has 1 nitrogen and oxygen atoms in total. The molecule has 0 aliphatic heterocycles. The molecule has 48 valence electrons. The molecule has 0 rings (SSSR count). The first-order valence-electron chi connectivity index (χ1n) is 3.07. The highest BCUT2D eigenvalue weighted by atomic mass is 16.5. The molecule has 0 saturated heterocycles. The van der Waals surface area contributed by atoms with Crippen LogP contribution in [0.1, 0.15) is 26.7 Å². The molecular formula is C7H14O. The van der Waals surface area contributed by atoms with Crippen molar-refractivity contribution in [2.75, 3.05) is 0 Å². The van der Waals surface area contributed by atoms with Crippen molar-refractivity contribution in [3.05, 3.63) is 13.5 Å². The zero-order valence-corrected chi connectivity index (χ0v) is 5.68. The molecule has 0 aromatic carbocycles. The summed E-state index contributed by atoms with van der Waals surface area (Å²) < 4.78 is 5.05. The van der Waals surface area contributed by atoms with Gasteiger partial charge < -0.3 is 4.74 Å². The summed E-state index contributed by atoms with van der Waals surface area (Å²) in [6, 6.07) is 0. The Hall–Kier alpha value is -0.0400. The van der Waals surface area contributed by atoms with Crippen LogP contribution in [0.25, 0.3) is 0 Å². The van der Waals surface area contributed by atoms with E-state index in [2.05, 4.69) is 13.8 Å². The Kier molecular flexibility index (Phi) is 5.08. The van der Waals surface area contributed by atoms with Crippen molar-refractivity contribution in [3.8, 4) is 0 Å². The van der Waals surface area contributed by atoms with Gasteiger partial charge in [-0.3, -0.25) is 0 Å². The topological polar surface area (TPSA) is 9.23 Å². The minimum Gasteiger partial charge on any atom is -0.373 e. The second-order valence-electron chi connectivity index (χ2n) is 1.90. The maximum atomic E-state index is 5.05. The van der Waals surface area contributed by atoms with Gasteiger partial charge in [0.05, 0.1) is 12.7 Å². The van der Waals surface area contributed by atoms with Crippen LogP contribution in [0.4, 0.5) is 0 Å². The Morgan fingerprint density at radius 3 is 2.75 bits per heavy atom. The molecular weight excluding hydrogens is 100 g/mol. The van der Waals surface area contributed by atoms with Gasteiger partial charge in [0.2, 0.25) is 0 Å². The van der Waals surface area contributed by atoms with Gasteiger partial charge in [0.25, 0.3) is 0 Å².